The molecule has 0 bridgehead atoms. The summed E-state index contributed by atoms with van der Waals surface area (Å²) in [5.74, 6) is -2.23. The number of carbonyl (C=O) groups is 2. The molecule has 2 atom stereocenters. The lowest BCUT2D eigenvalue weighted by molar-refractivity contribution is -0.113. The van der Waals surface area contributed by atoms with Crippen LogP contribution in [0.4, 0.5) is 0 Å². The summed E-state index contributed by atoms with van der Waals surface area (Å²) in [5, 5.41) is 43.6. The minimum absolute atomic E-state index is 0.0354. The summed E-state index contributed by atoms with van der Waals surface area (Å²) < 4.78 is 0. The van der Waals surface area contributed by atoms with E-state index in [1.807, 2.05) is 0 Å². The summed E-state index contributed by atoms with van der Waals surface area (Å²) in [4.78, 5) is 22.8. The van der Waals surface area contributed by atoms with Gasteiger partial charge < -0.3 is 20.4 Å². The zero-order valence-corrected chi connectivity index (χ0v) is 18.0. The molecular weight excluding hydrogens is 432 g/mol. The number of aliphatic hydroxyl groups is 2. The van der Waals surface area contributed by atoms with Crippen LogP contribution in [0.3, 0.4) is 0 Å². The number of benzene rings is 4. The molecule has 4 rings (SSSR count). The van der Waals surface area contributed by atoms with Gasteiger partial charge in [0.25, 0.3) is 0 Å². The van der Waals surface area contributed by atoms with E-state index in [9.17, 15) is 30.0 Å². The van der Waals surface area contributed by atoms with Crippen LogP contribution in [-0.4, -0.2) is 32.4 Å². The van der Waals surface area contributed by atoms with Crippen molar-refractivity contribution in [1.29, 1.82) is 0 Å². The highest BCUT2D eigenvalue weighted by Crippen LogP contribution is 2.49. The quantitative estimate of drug-likeness (QED) is 0.332. The molecule has 170 valence electrons. The van der Waals surface area contributed by atoms with Crippen molar-refractivity contribution in [3.05, 3.63) is 143 Å². The van der Waals surface area contributed by atoms with Gasteiger partial charge in [0, 0.05) is 0 Å². The van der Waals surface area contributed by atoms with Gasteiger partial charge in [0.2, 0.25) is 0 Å². The maximum Gasteiger partial charge on any atom is 0.335 e. The molecule has 4 N–H and O–H groups in total. The second kappa shape index (κ2) is 8.94. The highest BCUT2D eigenvalue weighted by Gasteiger charge is 2.54. The Kier molecular flexibility index (Phi) is 6.03. The van der Waals surface area contributed by atoms with Crippen LogP contribution in [0.5, 0.6) is 0 Å². The molecule has 4 aromatic carbocycles. The van der Waals surface area contributed by atoms with E-state index in [0.717, 1.165) is 0 Å². The summed E-state index contributed by atoms with van der Waals surface area (Å²) in [7, 11) is 0. The molecule has 6 nitrogen and oxygen atoms in total. The summed E-state index contributed by atoms with van der Waals surface area (Å²) in [6, 6.07) is 28.5. The largest absolute Gasteiger partial charge is 0.478 e. The lowest BCUT2D eigenvalue weighted by atomic mass is 9.66. The van der Waals surface area contributed by atoms with Crippen molar-refractivity contribution < 1.29 is 30.0 Å². The van der Waals surface area contributed by atoms with Crippen LogP contribution in [0.2, 0.25) is 0 Å². The van der Waals surface area contributed by atoms with Gasteiger partial charge in [-0.2, -0.15) is 0 Å². The van der Waals surface area contributed by atoms with E-state index in [4.69, 9.17) is 0 Å². The molecule has 0 unspecified atom stereocenters. The fraction of sp³-hybridized carbons (Fsp3) is 0.0714. The van der Waals surface area contributed by atoms with Crippen LogP contribution < -0.4 is 0 Å². The summed E-state index contributed by atoms with van der Waals surface area (Å²) >= 11 is 0. The van der Waals surface area contributed by atoms with Crippen LogP contribution in [0.1, 0.15) is 43.0 Å². The molecule has 0 saturated heterocycles. The Hall–Kier alpha value is -4.26. The third kappa shape index (κ3) is 3.75. The number of rotatable bonds is 7. The molecule has 0 aliphatic heterocycles. The first-order valence-corrected chi connectivity index (χ1v) is 10.5. The van der Waals surface area contributed by atoms with E-state index in [-0.39, 0.29) is 22.3 Å². The highest BCUT2D eigenvalue weighted by atomic mass is 16.4. The fourth-order valence-electron chi connectivity index (χ4n) is 4.24. The van der Waals surface area contributed by atoms with Crippen LogP contribution in [-0.2, 0) is 11.2 Å². The van der Waals surface area contributed by atoms with E-state index >= 15 is 0 Å². The molecular formula is C28H22O6. The molecule has 0 aliphatic carbocycles. The number of carboxylic acids is 2. The minimum atomic E-state index is -2.07. The first kappa shape index (κ1) is 22.9. The predicted octanol–water partition coefficient (Wildman–Crippen LogP) is 4.26. The van der Waals surface area contributed by atoms with Gasteiger partial charge in [-0.3, -0.25) is 0 Å². The summed E-state index contributed by atoms with van der Waals surface area (Å²) in [6.45, 7) is 0. The second-order valence-corrected chi connectivity index (χ2v) is 7.92. The van der Waals surface area contributed by atoms with Gasteiger partial charge in [-0.1, -0.05) is 84.9 Å². The van der Waals surface area contributed by atoms with Gasteiger partial charge in [0.05, 0.1) is 11.1 Å². The topological polar surface area (TPSA) is 115 Å². The van der Waals surface area contributed by atoms with Gasteiger partial charge in [0.15, 0.2) is 11.2 Å². The van der Waals surface area contributed by atoms with Crippen molar-refractivity contribution in [3.8, 4) is 0 Å². The molecule has 0 radical (unpaired) electrons. The molecule has 0 aliphatic rings. The Morgan fingerprint density at radius 1 is 0.441 bits per heavy atom. The van der Waals surface area contributed by atoms with Gasteiger partial charge in [0.1, 0.15) is 0 Å². The number of carboxylic acid groups (broad SMARTS) is 2. The molecule has 4 aromatic rings. The Labute approximate surface area is 196 Å². The van der Waals surface area contributed by atoms with Crippen molar-refractivity contribution in [3.63, 3.8) is 0 Å². The maximum absolute atomic E-state index is 12.5. The van der Waals surface area contributed by atoms with Crippen LogP contribution in [0.15, 0.2) is 109 Å². The maximum atomic E-state index is 12.5. The zero-order chi connectivity index (χ0) is 24.3. The van der Waals surface area contributed by atoms with Gasteiger partial charge >= 0.3 is 11.9 Å². The molecule has 0 amide bonds. The van der Waals surface area contributed by atoms with Gasteiger partial charge in [-0.25, -0.2) is 9.59 Å². The van der Waals surface area contributed by atoms with Crippen LogP contribution in [0.25, 0.3) is 0 Å². The fourth-order valence-corrected chi connectivity index (χ4v) is 4.24. The third-order valence-electron chi connectivity index (χ3n) is 6.01. The lowest BCUT2D eigenvalue weighted by Crippen LogP contribution is -2.51. The van der Waals surface area contributed by atoms with Crippen LogP contribution in [0, 0.1) is 0 Å². The SMILES string of the molecule is O=C(O)c1ccc([C@](O)(c2ccccc2)[C@](O)(c2ccccc2)c2ccc(C(=O)O)cc2)cc1. The summed E-state index contributed by atoms with van der Waals surface area (Å²) in [6.07, 6.45) is 0. The predicted molar refractivity (Wildman–Crippen MR) is 126 cm³/mol. The number of hydrogen-bond donors (Lipinski definition) is 4. The zero-order valence-electron chi connectivity index (χ0n) is 18.0. The lowest BCUT2D eigenvalue weighted by Gasteiger charge is -2.45. The Morgan fingerprint density at radius 2 is 0.706 bits per heavy atom. The Bertz CT molecular complexity index is 1200. The van der Waals surface area contributed by atoms with E-state index in [1.165, 1.54) is 48.5 Å². The molecule has 0 spiro atoms. The van der Waals surface area contributed by atoms with Crippen molar-refractivity contribution in [1.82, 2.24) is 0 Å². The third-order valence-corrected chi connectivity index (χ3v) is 6.01. The first-order valence-electron chi connectivity index (χ1n) is 10.5. The molecule has 34 heavy (non-hydrogen) atoms. The molecule has 0 heterocycles. The van der Waals surface area contributed by atoms with Crippen molar-refractivity contribution in [2.24, 2.45) is 0 Å². The average Bonchev–Trinajstić information content (AvgIpc) is 2.88. The van der Waals surface area contributed by atoms with Gasteiger partial charge in [-0.05, 0) is 46.5 Å². The standard InChI is InChI=1S/C28H22O6/c29-25(30)19-11-15-23(16-12-19)27(33,21-7-3-1-4-8-21)28(34,22-9-5-2-6-10-22)24-17-13-20(14-18-24)26(31)32/h1-18,33-34H,(H,29,30)(H,31,32)/t27-,28+. The molecule has 6 heteroatoms. The van der Waals surface area contributed by atoms with E-state index in [2.05, 4.69) is 0 Å². The summed E-state index contributed by atoms with van der Waals surface area (Å²) in [5.41, 5.74) is -2.82. The highest BCUT2D eigenvalue weighted by molar-refractivity contribution is 5.88. The van der Waals surface area contributed by atoms with E-state index in [1.54, 1.807) is 60.7 Å². The monoisotopic (exact) mass is 454 g/mol. The minimum Gasteiger partial charge on any atom is -0.478 e. The normalized spacial score (nSPS) is 14.5. The van der Waals surface area contributed by atoms with E-state index in [0.29, 0.717) is 11.1 Å². The Balaban J connectivity index is 2.05. The smallest absolute Gasteiger partial charge is 0.335 e. The van der Waals surface area contributed by atoms with Crippen LogP contribution >= 0.6 is 0 Å². The molecule has 0 aromatic heterocycles. The van der Waals surface area contributed by atoms with Crippen molar-refractivity contribution >= 4 is 11.9 Å². The van der Waals surface area contributed by atoms with Crippen molar-refractivity contribution in [2.45, 2.75) is 11.2 Å². The number of aromatic carboxylic acids is 2. The van der Waals surface area contributed by atoms with Gasteiger partial charge in [-0.15, -0.1) is 0 Å². The average molecular weight is 454 g/mol. The van der Waals surface area contributed by atoms with Crippen molar-refractivity contribution in [2.75, 3.05) is 0 Å². The van der Waals surface area contributed by atoms with E-state index < -0.39 is 23.1 Å². The second-order valence-electron chi connectivity index (χ2n) is 7.92. The number of hydrogen-bond acceptors (Lipinski definition) is 4. The Morgan fingerprint density at radius 3 is 0.971 bits per heavy atom. The molecule has 0 saturated carbocycles. The first-order chi connectivity index (χ1) is 16.3. The molecule has 0 fully saturated rings.